The third-order valence-corrected chi connectivity index (χ3v) is 4.75. The second-order valence-corrected chi connectivity index (χ2v) is 7.94. The molecule has 0 unspecified atom stereocenters. The summed E-state index contributed by atoms with van der Waals surface area (Å²) in [6.45, 7) is 6.48. The van der Waals surface area contributed by atoms with Gasteiger partial charge in [0.2, 0.25) is 5.95 Å². The SMILES string of the molecule is CC(C)(C)c1ccc(-c2cc(F)nc(-c3ccc(-c4[c-]cccc4)nc3)n2)cc1.[Ir]. The molecule has 2 aromatic heterocycles. The van der Waals surface area contributed by atoms with E-state index < -0.39 is 5.95 Å². The maximum absolute atomic E-state index is 14.2. The molecule has 0 spiro atoms. The molecule has 153 valence electrons. The number of nitrogens with zero attached hydrogens (tertiary/aromatic N) is 3. The topological polar surface area (TPSA) is 38.7 Å². The molecule has 3 nitrogen and oxygen atoms in total. The van der Waals surface area contributed by atoms with Crippen molar-refractivity contribution in [2.75, 3.05) is 0 Å². The quantitative estimate of drug-likeness (QED) is 0.219. The van der Waals surface area contributed by atoms with Crippen LogP contribution in [0.1, 0.15) is 26.3 Å². The smallest absolute Gasteiger partial charge is 0.217 e. The van der Waals surface area contributed by atoms with E-state index in [9.17, 15) is 4.39 Å². The van der Waals surface area contributed by atoms with Gasteiger partial charge in [0.1, 0.15) is 0 Å². The van der Waals surface area contributed by atoms with Crippen molar-refractivity contribution in [3.8, 4) is 33.9 Å². The first kappa shape index (κ1) is 21.9. The summed E-state index contributed by atoms with van der Waals surface area (Å²) in [5.41, 5.74) is 5.04. The van der Waals surface area contributed by atoms with Gasteiger partial charge in [0.25, 0.3) is 0 Å². The summed E-state index contributed by atoms with van der Waals surface area (Å²) in [6, 6.07) is 23.9. The van der Waals surface area contributed by atoms with Crippen LogP contribution in [0, 0.1) is 12.0 Å². The zero-order valence-electron chi connectivity index (χ0n) is 17.0. The Balaban J connectivity index is 0.00000256. The summed E-state index contributed by atoms with van der Waals surface area (Å²) >= 11 is 0. The Labute approximate surface area is 189 Å². The first-order valence-corrected chi connectivity index (χ1v) is 9.49. The van der Waals surface area contributed by atoms with E-state index in [1.807, 2.05) is 48.5 Å². The predicted octanol–water partition coefficient (Wildman–Crippen LogP) is 6.11. The summed E-state index contributed by atoms with van der Waals surface area (Å²) in [6.07, 6.45) is 1.66. The second kappa shape index (κ2) is 8.95. The Morgan fingerprint density at radius 2 is 1.57 bits per heavy atom. The number of rotatable bonds is 3. The monoisotopic (exact) mass is 575 g/mol. The number of benzene rings is 2. The van der Waals surface area contributed by atoms with Gasteiger partial charge in [0, 0.05) is 43.5 Å². The van der Waals surface area contributed by atoms with Crippen molar-refractivity contribution in [1.82, 2.24) is 15.0 Å². The third-order valence-electron chi connectivity index (χ3n) is 4.75. The predicted molar refractivity (Wildman–Crippen MR) is 114 cm³/mol. The molecule has 0 N–H and O–H groups in total. The molecule has 0 amide bonds. The summed E-state index contributed by atoms with van der Waals surface area (Å²) in [5, 5.41) is 0. The van der Waals surface area contributed by atoms with Gasteiger partial charge in [-0.15, -0.1) is 35.9 Å². The van der Waals surface area contributed by atoms with Crippen LogP contribution >= 0.6 is 0 Å². The van der Waals surface area contributed by atoms with Gasteiger partial charge in [-0.1, -0.05) is 57.2 Å². The normalized spacial score (nSPS) is 11.1. The fourth-order valence-corrected chi connectivity index (χ4v) is 3.07. The van der Waals surface area contributed by atoms with E-state index in [0.717, 1.165) is 16.8 Å². The van der Waals surface area contributed by atoms with E-state index in [0.29, 0.717) is 17.1 Å². The Kier molecular flexibility index (Phi) is 6.54. The Hall–Kier alpha value is -2.75. The first-order valence-electron chi connectivity index (χ1n) is 9.49. The third kappa shape index (κ3) is 4.86. The first-order chi connectivity index (χ1) is 13.9. The Morgan fingerprint density at radius 3 is 2.17 bits per heavy atom. The van der Waals surface area contributed by atoms with Crippen molar-refractivity contribution in [2.45, 2.75) is 26.2 Å². The van der Waals surface area contributed by atoms with Crippen LogP contribution in [0.15, 0.2) is 72.9 Å². The van der Waals surface area contributed by atoms with Gasteiger partial charge < -0.3 is 4.98 Å². The van der Waals surface area contributed by atoms with E-state index in [2.05, 4.69) is 53.9 Å². The Bertz CT molecular complexity index is 1120. The number of hydrogen-bond donors (Lipinski definition) is 0. The van der Waals surface area contributed by atoms with E-state index in [1.54, 1.807) is 6.20 Å². The van der Waals surface area contributed by atoms with Crippen LogP contribution in [0.25, 0.3) is 33.9 Å². The molecular formula is C25H21FIrN3-. The minimum atomic E-state index is -0.564. The van der Waals surface area contributed by atoms with E-state index in [1.165, 1.54) is 11.6 Å². The fourth-order valence-electron chi connectivity index (χ4n) is 3.07. The molecule has 2 aromatic carbocycles. The van der Waals surface area contributed by atoms with Gasteiger partial charge in [0.15, 0.2) is 5.82 Å². The second-order valence-electron chi connectivity index (χ2n) is 7.94. The van der Waals surface area contributed by atoms with Gasteiger partial charge in [-0.2, -0.15) is 9.37 Å². The van der Waals surface area contributed by atoms with Gasteiger partial charge in [0.05, 0.1) is 5.69 Å². The number of halogens is 1. The number of hydrogen-bond acceptors (Lipinski definition) is 3. The van der Waals surface area contributed by atoms with Crippen molar-refractivity contribution >= 4 is 0 Å². The molecule has 5 heteroatoms. The minimum Gasteiger partial charge on any atom is -0.304 e. The molecule has 0 atom stereocenters. The van der Waals surface area contributed by atoms with Gasteiger partial charge in [-0.05, 0) is 16.7 Å². The molecular weight excluding hydrogens is 554 g/mol. The fraction of sp³-hybridized carbons (Fsp3) is 0.160. The molecule has 2 heterocycles. The van der Waals surface area contributed by atoms with Crippen molar-refractivity contribution in [3.63, 3.8) is 0 Å². The van der Waals surface area contributed by atoms with E-state index >= 15 is 0 Å². The maximum Gasteiger partial charge on any atom is 0.217 e. The zero-order valence-corrected chi connectivity index (χ0v) is 19.4. The van der Waals surface area contributed by atoms with Gasteiger partial charge >= 0.3 is 0 Å². The largest absolute Gasteiger partial charge is 0.304 e. The summed E-state index contributed by atoms with van der Waals surface area (Å²) < 4.78 is 14.2. The van der Waals surface area contributed by atoms with Gasteiger partial charge in [-0.3, -0.25) is 0 Å². The number of pyridine rings is 1. The van der Waals surface area contributed by atoms with E-state index in [-0.39, 0.29) is 25.5 Å². The molecule has 0 saturated carbocycles. The molecule has 0 saturated heterocycles. The molecule has 0 aliphatic carbocycles. The molecule has 0 bridgehead atoms. The summed E-state index contributed by atoms with van der Waals surface area (Å²) in [5.74, 6) is -0.249. The molecule has 4 aromatic rings. The summed E-state index contributed by atoms with van der Waals surface area (Å²) in [4.78, 5) is 13.0. The van der Waals surface area contributed by atoms with Crippen molar-refractivity contribution in [3.05, 3.63) is 90.5 Å². The number of aromatic nitrogens is 3. The molecule has 0 aliphatic heterocycles. The van der Waals surface area contributed by atoms with Crippen molar-refractivity contribution in [2.24, 2.45) is 0 Å². The van der Waals surface area contributed by atoms with E-state index in [4.69, 9.17) is 0 Å². The molecule has 0 fully saturated rings. The van der Waals surface area contributed by atoms with Crippen LogP contribution in [0.5, 0.6) is 0 Å². The summed E-state index contributed by atoms with van der Waals surface area (Å²) in [7, 11) is 0. The molecule has 0 aliphatic rings. The van der Waals surface area contributed by atoms with Crippen LogP contribution in [-0.4, -0.2) is 15.0 Å². The molecule has 1 radical (unpaired) electrons. The van der Waals surface area contributed by atoms with Crippen molar-refractivity contribution in [1.29, 1.82) is 0 Å². The van der Waals surface area contributed by atoms with Gasteiger partial charge in [-0.25, -0.2) is 4.98 Å². The minimum absolute atomic E-state index is 0. The van der Waals surface area contributed by atoms with Crippen LogP contribution in [0.4, 0.5) is 4.39 Å². The Morgan fingerprint density at radius 1 is 0.833 bits per heavy atom. The average molecular weight is 575 g/mol. The maximum atomic E-state index is 14.2. The van der Waals surface area contributed by atoms with Crippen LogP contribution in [0.3, 0.4) is 0 Å². The van der Waals surface area contributed by atoms with Crippen LogP contribution in [0.2, 0.25) is 0 Å². The van der Waals surface area contributed by atoms with Crippen LogP contribution < -0.4 is 0 Å². The molecule has 4 rings (SSSR count). The molecule has 30 heavy (non-hydrogen) atoms. The standard InChI is InChI=1S/C25H21FN3.Ir/c1-25(2,3)20-12-9-18(10-13-20)22-15-23(26)29-24(28-22)19-11-14-21(27-16-19)17-7-5-4-6-8-17;/h4-7,9-16H,1-3H3;/q-1;. The zero-order chi connectivity index (χ0) is 20.4. The average Bonchev–Trinajstić information content (AvgIpc) is 2.73. The van der Waals surface area contributed by atoms with Crippen LogP contribution in [-0.2, 0) is 25.5 Å². The van der Waals surface area contributed by atoms with Crippen molar-refractivity contribution < 1.29 is 24.5 Å².